The highest BCUT2D eigenvalue weighted by molar-refractivity contribution is 5.87. The fraction of sp³-hybridized carbons (Fsp3) is 0.348. The molecule has 2 aliphatic rings. The summed E-state index contributed by atoms with van der Waals surface area (Å²) in [6, 6.07) is 15.3. The summed E-state index contributed by atoms with van der Waals surface area (Å²) in [7, 11) is 0. The van der Waals surface area contributed by atoms with Gasteiger partial charge in [-0.25, -0.2) is 0 Å². The molecule has 2 aliphatic heterocycles. The highest BCUT2D eigenvalue weighted by Crippen LogP contribution is 2.40. The lowest BCUT2D eigenvalue weighted by atomic mass is 9.83. The first-order valence-corrected chi connectivity index (χ1v) is 9.61. The molecule has 3 heteroatoms. The number of piperidine rings is 1. The van der Waals surface area contributed by atoms with Crippen LogP contribution >= 0.6 is 0 Å². The number of aromatic nitrogens is 1. The van der Waals surface area contributed by atoms with Crippen LogP contribution in [0.25, 0.3) is 22.0 Å². The third-order valence-corrected chi connectivity index (χ3v) is 5.98. The van der Waals surface area contributed by atoms with E-state index >= 15 is 0 Å². The molecular formula is C23H24N2O. The highest BCUT2D eigenvalue weighted by atomic mass is 16.5. The smallest absolute Gasteiger partial charge is 0.123 e. The van der Waals surface area contributed by atoms with E-state index < -0.39 is 0 Å². The molecule has 0 unspecified atom stereocenters. The molecule has 1 aromatic heterocycles. The van der Waals surface area contributed by atoms with E-state index in [1.54, 1.807) is 0 Å². The fourth-order valence-corrected chi connectivity index (χ4v) is 4.48. The molecule has 0 amide bonds. The SMILES string of the molecule is Cc1cc(-c2ccc3c(c2)CCC2(CCNCC2)O3)cc2cccnc12. The van der Waals surface area contributed by atoms with Crippen molar-refractivity contribution in [3.05, 3.63) is 59.8 Å². The van der Waals surface area contributed by atoms with Crippen molar-refractivity contribution in [2.45, 2.75) is 38.2 Å². The van der Waals surface area contributed by atoms with Crippen molar-refractivity contribution in [2.75, 3.05) is 13.1 Å². The number of fused-ring (bicyclic) bond motifs is 2. The van der Waals surface area contributed by atoms with Crippen LogP contribution in [0.5, 0.6) is 5.75 Å². The summed E-state index contributed by atoms with van der Waals surface area (Å²) in [4.78, 5) is 4.51. The van der Waals surface area contributed by atoms with Gasteiger partial charge in [0.1, 0.15) is 11.4 Å². The van der Waals surface area contributed by atoms with Crippen LogP contribution in [-0.2, 0) is 6.42 Å². The highest BCUT2D eigenvalue weighted by Gasteiger charge is 2.37. The standard InChI is InChI=1S/C23H24N2O/c1-16-13-20(15-19-3-2-10-25-22(16)19)17-4-5-21-18(14-17)6-7-23(26-21)8-11-24-12-9-23/h2-5,10,13-15,24H,6-9,11-12H2,1H3. The Morgan fingerprint density at radius 1 is 1.00 bits per heavy atom. The van der Waals surface area contributed by atoms with Gasteiger partial charge in [-0.2, -0.15) is 0 Å². The molecular weight excluding hydrogens is 320 g/mol. The number of nitrogens with one attached hydrogen (secondary N) is 1. The maximum atomic E-state index is 6.50. The van der Waals surface area contributed by atoms with Gasteiger partial charge in [0.25, 0.3) is 0 Å². The van der Waals surface area contributed by atoms with Gasteiger partial charge >= 0.3 is 0 Å². The maximum absolute atomic E-state index is 6.50. The Kier molecular flexibility index (Phi) is 3.71. The normalized spacial score (nSPS) is 18.5. The summed E-state index contributed by atoms with van der Waals surface area (Å²) in [5.74, 6) is 1.08. The predicted octanol–water partition coefficient (Wildman–Crippen LogP) is 4.66. The molecule has 132 valence electrons. The summed E-state index contributed by atoms with van der Waals surface area (Å²) in [6.07, 6.45) is 6.33. The van der Waals surface area contributed by atoms with Crippen LogP contribution in [0, 0.1) is 6.92 Å². The van der Waals surface area contributed by atoms with Crippen LogP contribution in [0.4, 0.5) is 0 Å². The number of ether oxygens (including phenoxy) is 1. The Morgan fingerprint density at radius 2 is 1.88 bits per heavy atom. The lowest BCUT2D eigenvalue weighted by Crippen LogP contribution is -2.48. The van der Waals surface area contributed by atoms with Gasteiger partial charge in [0.05, 0.1) is 5.52 Å². The summed E-state index contributed by atoms with van der Waals surface area (Å²) >= 11 is 0. The molecule has 0 aliphatic carbocycles. The maximum Gasteiger partial charge on any atom is 0.123 e. The van der Waals surface area contributed by atoms with Gasteiger partial charge in [-0.1, -0.05) is 12.1 Å². The zero-order chi connectivity index (χ0) is 17.6. The van der Waals surface area contributed by atoms with Crippen molar-refractivity contribution < 1.29 is 4.74 Å². The van der Waals surface area contributed by atoms with Gasteiger partial charge in [0.2, 0.25) is 0 Å². The lowest BCUT2D eigenvalue weighted by Gasteiger charge is -2.41. The molecule has 5 rings (SSSR count). The number of hydrogen-bond acceptors (Lipinski definition) is 3. The summed E-state index contributed by atoms with van der Waals surface area (Å²) in [6.45, 7) is 4.27. The topological polar surface area (TPSA) is 34.1 Å². The molecule has 0 bridgehead atoms. The van der Waals surface area contributed by atoms with Crippen LogP contribution in [0.2, 0.25) is 0 Å². The second-order valence-corrected chi connectivity index (χ2v) is 7.73. The lowest BCUT2D eigenvalue weighted by molar-refractivity contribution is 0.0170. The Balaban J connectivity index is 1.51. The van der Waals surface area contributed by atoms with Crippen LogP contribution in [-0.4, -0.2) is 23.7 Å². The summed E-state index contributed by atoms with van der Waals surface area (Å²) < 4.78 is 6.50. The van der Waals surface area contributed by atoms with Crippen molar-refractivity contribution in [1.29, 1.82) is 0 Å². The van der Waals surface area contributed by atoms with E-state index in [0.29, 0.717) is 0 Å². The average Bonchev–Trinajstić information content (AvgIpc) is 2.68. The van der Waals surface area contributed by atoms with Crippen molar-refractivity contribution in [3.8, 4) is 16.9 Å². The van der Waals surface area contributed by atoms with E-state index in [4.69, 9.17) is 4.74 Å². The van der Waals surface area contributed by atoms with E-state index in [-0.39, 0.29) is 5.60 Å². The molecule has 3 aromatic rings. The first-order chi connectivity index (χ1) is 12.7. The number of nitrogens with zero attached hydrogens (tertiary/aromatic N) is 1. The van der Waals surface area contributed by atoms with Gasteiger partial charge in [0.15, 0.2) is 0 Å². The second-order valence-electron chi connectivity index (χ2n) is 7.73. The zero-order valence-electron chi connectivity index (χ0n) is 15.2. The zero-order valence-corrected chi connectivity index (χ0v) is 15.2. The van der Waals surface area contributed by atoms with Crippen molar-refractivity contribution in [3.63, 3.8) is 0 Å². The van der Waals surface area contributed by atoms with E-state index in [0.717, 1.165) is 50.0 Å². The Morgan fingerprint density at radius 3 is 2.77 bits per heavy atom. The fourth-order valence-electron chi connectivity index (χ4n) is 4.48. The summed E-state index contributed by atoms with van der Waals surface area (Å²) in [5.41, 5.74) is 6.24. The van der Waals surface area contributed by atoms with E-state index in [9.17, 15) is 0 Å². The molecule has 0 saturated carbocycles. The van der Waals surface area contributed by atoms with Gasteiger partial charge in [-0.3, -0.25) is 4.98 Å². The van der Waals surface area contributed by atoms with Crippen molar-refractivity contribution in [2.24, 2.45) is 0 Å². The molecule has 1 N–H and O–H groups in total. The van der Waals surface area contributed by atoms with Gasteiger partial charge in [-0.05, 0) is 98.3 Å². The number of aryl methyl sites for hydroxylation is 2. The Hall–Kier alpha value is -2.39. The monoisotopic (exact) mass is 344 g/mol. The molecule has 3 nitrogen and oxygen atoms in total. The third-order valence-electron chi connectivity index (χ3n) is 5.98. The van der Waals surface area contributed by atoms with Gasteiger partial charge in [-0.15, -0.1) is 0 Å². The molecule has 1 saturated heterocycles. The van der Waals surface area contributed by atoms with Crippen LogP contribution < -0.4 is 10.1 Å². The first kappa shape index (κ1) is 15.8. The van der Waals surface area contributed by atoms with Crippen molar-refractivity contribution in [1.82, 2.24) is 10.3 Å². The number of hydrogen-bond donors (Lipinski definition) is 1. The van der Waals surface area contributed by atoms with Crippen molar-refractivity contribution >= 4 is 10.9 Å². The quantitative estimate of drug-likeness (QED) is 0.697. The van der Waals surface area contributed by atoms with Crippen LogP contribution in [0.3, 0.4) is 0 Å². The van der Waals surface area contributed by atoms with Crippen LogP contribution in [0.15, 0.2) is 48.7 Å². The average molecular weight is 344 g/mol. The summed E-state index contributed by atoms with van der Waals surface area (Å²) in [5, 5.41) is 4.64. The Bertz CT molecular complexity index is 973. The molecule has 0 atom stereocenters. The first-order valence-electron chi connectivity index (χ1n) is 9.61. The van der Waals surface area contributed by atoms with Gasteiger partial charge in [0, 0.05) is 11.6 Å². The van der Waals surface area contributed by atoms with Crippen LogP contribution in [0.1, 0.15) is 30.4 Å². The van der Waals surface area contributed by atoms with E-state index in [1.165, 1.54) is 27.6 Å². The second kappa shape index (κ2) is 6.10. The molecule has 3 heterocycles. The predicted molar refractivity (Wildman–Crippen MR) is 106 cm³/mol. The molecule has 0 radical (unpaired) electrons. The molecule has 1 fully saturated rings. The minimum absolute atomic E-state index is 0.0605. The third kappa shape index (κ3) is 2.67. The molecule has 1 spiro atoms. The molecule has 2 aromatic carbocycles. The van der Waals surface area contributed by atoms with E-state index in [1.807, 2.05) is 12.3 Å². The number of pyridine rings is 1. The number of rotatable bonds is 1. The largest absolute Gasteiger partial charge is 0.487 e. The van der Waals surface area contributed by atoms with Gasteiger partial charge < -0.3 is 10.1 Å². The minimum Gasteiger partial charge on any atom is -0.487 e. The number of benzene rings is 2. The molecule has 26 heavy (non-hydrogen) atoms. The minimum atomic E-state index is 0.0605. The van der Waals surface area contributed by atoms with E-state index in [2.05, 4.69) is 53.6 Å². The Labute approximate surface area is 154 Å².